The third kappa shape index (κ3) is 2.20. The lowest BCUT2D eigenvalue weighted by Crippen LogP contribution is -2.67. The van der Waals surface area contributed by atoms with Crippen molar-refractivity contribution in [1.29, 1.82) is 0 Å². The van der Waals surface area contributed by atoms with Gasteiger partial charge in [0.1, 0.15) is 0 Å². The second-order valence-corrected chi connectivity index (χ2v) is 10.3. The van der Waals surface area contributed by atoms with E-state index in [1.807, 2.05) is 6.92 Å². The number of rotatable bonds is 1. The standard InChI is InChI=1S/C21H36O4/c1-12(22)15-7-9-21(25)16-5-4-13-10-14(23)6-8-19(13,2)17(16)11-18(24)20(15,21)3/h12-18,22-25H,4-11H2,1-3H3. The molecule has 0 heterocycles. The maximum absolute atomic E-state index is 11.9. The first-order valence-corrected chi connectivity index (χ1v) is 10.4. The molecule has 4 heteroatoms. The number of hydrogen-bond donors (Lipinski definition) is 4. The van der Waals surface area contributed by atoms with Gasteiger partial charge in [-0.15, -0.1) is 0 Å². The molecule has 10 unspecified atom stereocenters. The fraction of sp³-hybridized carbons (Fsp3) is 1.00. The highest BCUT2D eigenvalue weighted by Gasteiger charge is 2.70. The van der Waals surface area contributed by atoms with E-state index in [0.717, 1.165) is 44.9 Å². The van der Waals surface area contributed by atoms with Gasteiger partial charge in [0.25, 0.3) is 0 Å². The maximum Gasteiger partial charge on any atom is 0.0760 e. The summed E-state index contributed by atoms with van der Waals surface area (Å²) in [5, 5.41) is 43.5. The van der Waals surface area contributed by atoms with Crippen LogP contribution in [0, 0.1) is 34.5 Å². The quantitative estimate of drug-likeness (QED) is 0.584. The minimum atomic E-state index is -0.874. The number of aliphatic hydroxyl groups is 4. The van der Waals surface area contributed by atoms with Crippen molar-refractivity contribution in [2.45, 2.75) is 96.1 Å². The molecule has 4 nitrogen and oxygen atoms in total. The second kappa shape index (κ2) is 5.67. The molecule has 0 aromatic rings. The molecule has 144 valence electrons. The first kappa shape index (κ1) is 18.2. The summed E-state index contributed by atoms with van der Waals surface area (Å²) in [6, 6.07) is 0. The summed E-state index contributed by atoms with van der Waals surface area (Å²) in [5.74, 6) is 1.000. The van der Waals surface area contributed by atoms with E-state index < -0.39 is 23.2 Å². The van der Waals surface area contributed by atoms with Crippen molar-refractivity contribution < 1.29 is 20.4 Å². The minimum Gasteiger partial charge on any atom is -0.393 e. The zero-order valence-electron chi connectivity index (χ0n) is 16.0. The Bertz CT molecular complexity index is 536. The zero-order valence-corrected chi connectivity index (χ0v) is 16.0. The first-order chi connectivity index (χ1) is 11.6. The molecule has 4 aliphatic rings. The van der Waals surface area contributed by atoms with Crippen molar-refractivity contribution in [3.63, 3.8) is 0 Å². The largest absolute Gasteiger partial charge is 0.393 e. The van der Waals surface area contributed by atoms with Gasteiger partial charge in [-0.05, 0) is 87.4 Å². The first-order valence-electron chi connectivity index (χ1n) is 10.4. The Morgan fingerprint density at radius 3 is 2.32 bits per heavy atom. The number of fused-ring (bicyclic) bond motifs is 5. The molecule has 0 aliphatic heterocycles. The average molecular weight is 353 g/mol. The van der Waals surface area contributed by atoms with E-state index in [2.05, 4.69) is 6.92 Å². The predicted octanol–water partition coefficient (Wildman–Crippen LogP) is 2.47. The normalized spacial score (nSPS) is 59.6. The van der Waals surface area contributed by atoms with E-state index in [0.29, 0.717) is 18.3 Å². The summed E-state index contributed by atoms with van der Waals surface area (Å²) in [5.41, 5.74) is -1.37. The lowest BCUT2D eigenvalue weighted by Gasteiger charge is -2.65. The van der Waals surface area contributed by atoms with Gasteiger partial charge in [-0.2, -0.15) is 0 Å². The van der Waals surface area contributed by atoms with Crippen LogP contribution in [0.15, 0.2) is 0 Å². The van der Waals surface area contributed by atoms with Crippen LogP contribution in [0.3, 0.4) is 0 Å². The molecule has 0 spiro atoms. The van der Waals surface area contributed by atoms with Crippen molar-refractivity contribution in [3.05, 3.63) is 0 Å². The smallest absolute Gasteiger partial charge is 0.0760 e. The van der Waals surface area contributed by atoms with Crippen LogP contribution in [0.25, 0.3) is 0 Å². The van der Waals surface area contributed by atoms with E-state index in [9.17, 15) is 20.4 Å². The van der Waals surface area contributed by atoms with E-state index >= 15 is 0 Å². The minimum absolute atomic E-state index is 0.0350. The van der Waals surface area contributed by atoms with E-state index in [4.69, 9.17) is 0 Å². The topological polar surface area (TPSA) is 80.9 Å². The van der Waals surface area contributed by atoms with Gasteiger partial charge >= 0.3 is 0 Å². The van der Waals surface area contributed by atoms with Crippen LogP contribution >= 0.6 is 0 Å². The Morgan fingerprint density at radius 1 is 0.920 bits per heavy atom. The molecular weight excluding hydrogens is 316 g/mol. The van der Waals surface area contributed by atoms with Crippen LogP contribution in [0.4, 0.5) is 0 Å². The monoisotopic (exact) mass is 352 g/mol. The third-order valence-electron chi connectivity index (χ3n) is 9.57. The summed E-state index contributed by atoms with van der Waals surface area (Å²) >= 11 is 0. The fourth-order valence-electron chi connectivity index (χ4n) is 7.99. The van der Waals surface area contributed by atoms with Crippen LogP contribution < -0.4 is 0 Å². The Labute approximate surface area is 151 Å². The summed E-state index contributed by atoms with van der Waals surface area (Å²) in [6.45, 7) is 6.18. The van der Waals surface area contributed by atoms with Gasteiger partial charge in [0.15, 0.2) is 0 Å². The Balaban J connectivity index is 1.71. The predicted molar refractivity (Wildman–Crippen MR) is 95.8 cm³/mol. The summed E-state index contributed by atoms with van der Waals surface area (Å²) < 4.78 is 0. The molecule has 0 aromatic heterocycles. The summed E-state index contributed by atoms with van der Waals surface area (Å²) in [6.07, 6.45) is 5.76. The zero-order chi connectivity index (χ0) is 18.2. The van der Waals surface area contributed by atoms with Gasteiger partial charge in [-0.3, -0.25) is 0 Å². The van der Waals surface area contributed by atoms with Gasteiger partial charge in [0.2, 0.25) is 0 Å². The van der Waals surface area contributed by atoms with Gasteiger partial charge < -0.3 is 20.4 Å². The van der Waals surface area contributed by atoms with Crippen LogP contribution in [-0.2, 0) is 0 Å². The number of aliphatic hydroxyl groups excluding tert-OH is 3. The molecule has 4 saturated carbocycles. The van der Waals surface area contributed by atoms with Crippen molar-refractivity contribution >= 4 is 0 Å². The molecule has 0 aromatic carbocycles. The van der Waals surface area contributed by atoms with Crippen LogP contribution in [0.1, 0.15) is 72.1 Å². The Kier molecular flexibility index (Phi) is 4.13. The van der Waals surface area contributed by atoms with Crippen molar-refractivity contribution in [2.75, 3.05) is 0 Å². The Hall–Kier alpha value is -0.160. The molecule has 0 saturated heterocycles. The molecule has 10 atom stereocenters. The maximum atomic E-state index is 11.9. The van der Waals surface area contributed by atoms with Crippen LogP contribution in [0.2, 0.25) is 0 Å². The highest BCUT2D eigenvalue weighted by atomic mass is 16.3. The van der Waals surface area contributed by atoms with Crippen molar-refractivity contribution in [1.82, 2.24) is 0 Å². The molecule has 4 aliphatic carbocycles. The highest BCUT2D eigenvalue weighted by Crippen LogP contribution is 2.69. The molecule has 0 radical (unpaired) electrons. The second-order valence-electron chi connectivity index (χ2n) is 10.3. The van der Waals surface area contributed by atoms with Gasteiger partial charge in [0, 0.05) is 5.41 Å². The number of hydrogen-bond acceptors (Lipinski definition) is 4. The molecule has 0 amide bonds. The highest BCUT2D eigenvalue weighted by molar-refractivity contribution is 5.20. The third-order valence-corrected chi connectivity index (χ3v) is 9.57. The van der Waals surface area contributed by atoms with Gasteiger partial charge in [-0.1, -0.05) is 13.8 Å². The summed E-state index contributed by atoms with van der Waals surface area (Å²) in [7, 11) is 0. The van der Waals surface area contributed by atoms with Gasteiger partial charge in [0.05, 0.1) is 23.9 Å². The SMILES string of the molecule is CC(O)C1CCC2(O)C3CCC4CC(O)CCC4(C)C3CC(O)C12C. The average Bonchev–Trinajstić information content (AvgIpc) is 2.83. The molecular formula is C21H36O4. The molecule has 4 rings (SSSR count). The van der Waals surface area contributed by atoms with Gasteiger partial charge in [-0.25, -0.2) is 0 Å². The lowest BCUT2D eigenvalue weighted by molar-refractivity contribution is -0.252. The van der Waals surface area contributed by atoms with E-state index in [1.165, 1.54) is 0 Å². The van der Waals surface area contributed by atoms with Crippen LogP contribution in [-0.4, -0.2) is 44.3 Å². The van der Waals surface area contributed by atoms with E-state index in [1.54, 1.807) is 6.92 Å². The molecule has 25 heavy (non-hydrogen) atoms. The molecule has 4 N–H and O–H groups in total. The van der Waals surface area contributed by atoms with E-state index in [-0.39, 0.29) is 23.4 Å². The van der Waals surface area contributed by atoms with Crippen molar-refractivity contribution in [2.24, 2.45) is 34.5 Å². The molecule has 0 bridgehead atoms. The van der Waals surface area contributed by atoms with Crippen LogP contribution in [0.5, 0.6) is 0 Å². The Morgan fingerprint density at radius 2 is 1.64 bits per heavy atom. The van der Waals surface area contributed by atoms with Crippen molar-refractivity contribution in [3.8, 4) is 0 Å². The lowest BCUT2D eigenvalue weighted by atomic mass is 9.42. The molecule has 4 fully saturated rings. The fourth-order valence-corrected chi connectivity index (χ4v) is 7.99. The summed E-state index contributed by atoms with van der Waals surface area (Å²) in [4.78, 5) is 0.